The predicted molar refractivity (Wildman–Crippen MR) is 141 cm³/mol. The third kappa shape index (κ3) is 7.32. The number of nitrogens with zero attached hydrogens (tertiary/aromatic N) is 3. The van der Waals surface area contributed by atoms with Gasteiger partial charge in [-0.2, -0.15) is 0 Å². The average Bonchev–Trinajstić information content (AvgIpc) is 3.43. The van der Waals surface area contributed by atoms with E-state index in [0.717, 1.165) is 42.0 Å². The normalized spacial score (nSPS) is 16.0. The Morgan fingerprint density at radius 1 is 1.19 bits per heavy atom. The number of aromatic nitrogens is 1. The smallest absolute Gasteiger partial charge is 0.191 e. The highest BCUT2D eigenvalue weighted by Gasteiger charge is 2.24. The number of ether oxygens (including phenoxy) is 1. The van der Waals surface area contributed by atoms with Crippen LogP contribution in [0.1, 0.15) is 55.9 Å². The maximum absolute atomic E-state index is 5.32. The molecule has 1 saturated heterocycles. The van der Waals surface area contributed by atoms with Gasteiger partial charge in [0, 0.05) is 24.4 Å². The Morgan fingerprint density at radius 3 is 2.42 bits per heavy atom. The molecule has 0 saturated carbocycles. The van der Waals surface area contributed by atoms with Gasteiger partial charge in [-0.15, -0.1) is 35.3 Å². The van der Waals surface area contributed by atoms with Gasteiger partial charge in [0.2, 0.25) is 0 Å². The molecule has 1 aromatic heterocycles. The molecule has 1 aliphatic rings. The highest BCUT2D eigenvalue weighted by Crippen LogP contribution is 2.27. The summed E-state index contributed by atoms with van der Waals surface area (Å²) >= 11 is 1.72. The first-order valence-electron chi connectivity index (χ1n) is 10.7. The summed E-state index contributed by atoms with van der Waals surface area (Å²) in [5.41, 5.74) is 2.44. The molecule has 0 aliphatic carbocycles. The first-order valence-corrected chi connectivity index (χ1v) is 11.6. The molecule has 0 radical (unpaired) electrons. The number of aliphatic imine (C=N–C) groups is 1. The van der Waals surface area contributed by atoms with Gasteiger partial charge in [0.1, 0.15) is 5.75 Å². The second-order valence-corrected chi connectivity index (χ2v) is 9.59. The van der Waals surface area contributed by atoms with Crippen LogP contribution in [-0.4, -0.2) is 49.6 Å². The maximum Gasteiger partial charge on any atom is 0.191 e. The van der Waals surface area contributed by atoms with Crippen LogP contribution < -0.4 is 15.4 Å². The van der Waals surface area contributed by atoms with Gasteiger partial charge in [-0.3, -0.25) is 9.89 Å². The van der Waals surface area contributed by atoms with E-state index in [1.165, 1.54) is 18.4 Å². The van der Waals surface area contributed by atoms with Crippen molar-refractivity contribution in [3.63, 3.8) is 0 Å². The number of likely N-dealkylation sites (tertiary alicyclic amines) is 1. The zero-order valence-corrected chi connectivity index (χ0v) is 22.4. The number of nitrogens with one attached hydrogen (secondary N) is 2. The number of methoxy groups -OCH3 is 1. The molecular weight excluding hydrogens is 521 g/mol. The molecule has 31 heavy (non-hydrogen) atoms. The topological polar surface area (TPSA) is 61.8 Å². The molecule has 0 bridgehead atoms. The lowest BCUT2D eigenvalue weighted by Gasteiger charge is -2.29. The Kier molecular flexibility index (Phi) is 10.0. The summed E-state index contributed by atoms with van der Waals surface area (Å²) < 4.78 is 5.32. The van der Waals surface area contributed by atoms with Gasteiger partial charge in [0.15, 0.2) is 5.96 Å². The zero-order chi connectivity index (χ0) is 21.6. The summed E-state index contributed by atoms with van der Waals surface area (Å²) in [6.07, 6.45) is 2.53. The first kappa shape index (κ1) is 25.9. The molecule has 1 aromatic carbocycles. The van der Waals surface area contributed by atoms with Crippen molar-refractivity contribution in [1.82, 2.24) is 20.5 Å². The van der Waals surface area contributed by atoms with Crippen molar-refractivity contribution in [1.29, 1.82) is 0 Å². The van der Waals surface area contributed by atoms with Crippen molar-refractivity contribution in [2.24, 2.45) is 4.99 Å². The van der Waals surface area contributed by atoms with Gasteiger partial charge >= 0.3 is 0 Å². The minimum absolute atomic E-state index is 0. The monoisotopic (exact) mass is 557 g/mol. The van der Waals surface area contributed by atoms with Crippen molar-refractivity contribution in [3.05, 3.63) is 45.9 Å². The molecule has 2 N–H and O–H groups in total. The molecule has 2 aromatic rings. The lowest BCUT2D eigenvalue weighted by Crippen LogP contribution is -2.42. The largest absolute Gasteiger partial charge is 0.497 e. The molecule has 0 amide bonds. The Bertz CT molecular complexity index is 825. The molecule has 2 heterocycles. The van der Waals surface area contributed by atoms with Crippen molar-refractivity contribution >= 4 is 41.3 Å². The Morgan fingerprint density at radius 2 is 1.87 bits per heavy atom. The lowest BCUT2D eigenvalue weighted by atomic mass is 9.98. The fourth-order valence-electron chi connectivity index (χ4n) is 3.66. The van der Waals surface area contributed by atoms with Crippen LogP contribution in [0.25, 0.3) is 0 Å². The average molecular weight is 558 g/mol. The van der Waals surface area contributed by atoms with Crippen molar-refractivity contribution in [2.45, 2.75) is 51.6 Å². The fourth-order valence-corrected chi connectivity index (χ4v) is 4.57. The predicted octanol–water partition coefficient (Wildman–Crippen LogP) is 4.57. The quantitative estimate of drug-likeness (QED) is 0.297. The Balaban J connectivity index is 0.00000341. The summed E-state index contributed by atoms with van der Waals surface area (Å²) in [4.78, 5) is 11.7. The van der Waals surface area contributed by atoms with E-state index in [-0.39, 0.29) is 29.4 Å². The van der Waals surface area contributed by atoms with Gasteiger partial charge in [0.25, 0.3) is 0 Å². The fraction of sp³-hybridized carbons (Fsp3) is 0.565. The Hall–Kier alpha value is -1.39. The SMILES string of the molecule is CN=C(NCc1csc(C(C)(C)C)n1)NCC(c1ccc(OC)cc1)N1CCCC1.I. The van der Waals surface area contributed by atoms with E-state index in [1.807, 2.05) is 19.2 Å². The van der Waals surface area contributed by atoms with Crippen LogP contribution in [0.4, 0.5) is 0 Å². The van der Waals surface area contributed by atoms with E-state index >= 15 is 0 Å². The number of benzene rings is 1. The number of hydrogen-bond acceptors (Lipinski definition) is 5. The van der Waals surface area contributed by atoms with Crippen molar-refractivity contribution < 1.29 is 4.74 Å². The van der Waals surface area contributed by atoms with Crippen LogP contribution in [0.3, 0.4) is 0 Å². The highest BCUT2D eigenvalue weighted by molar-refractivity contribution is 14.0. The second kappa shape index (κ2) is 12.0. The highest BCUT2D eigenvalue weighted by atomic mass is 127. The van der Waals surface area contributed by atoms with Gasteiger partial charge in [-0.05, 0) is 43.6 Å². The summed E-state index contributed by atoms with van der Waals surface area (Å²) in [6.45, 7) is 10.3. The van der Waals surface area contributed by atoms with Crippen LogP contribution in [-0.2, 0) is 12.0 Å². The number of guanidine groups is 1. The number of halogens is 1. The third-order valence-electron chi connectivity index (χ3n) is 5.40. The minimum atomic E-state index is 0. The maximum atomic E-state index is 5.32. The van der Waals surface area contributed by atoms with Crippen LogP contribution >= 0.6 is 35.3 Å². The molecule has 3 rings (SSSR count). The molecule has 172 valence electrons. The molecule has 8 heteroatoms. The van der Waals surface area contributed by atoms with Crippen molar-refractivity contribution in [2.75, 3.05) is 33.8 Å². The van der Waals surface area contributed by atoms with E-state index in [9.17, 15) is 0 Å². The first-order chi connectivity index (χ1) is 14.4. The molecule has 1 unspecified atom stereocenters. The summed E-state index contributed by atoms with van der Waals surface area (Å²) in [7, 11) is 3.52. The van der Waals surface area contributed by atoms with Crippen LogP contribution in [0.2, 0.25) is 0 Å². The number of rotatable bonds is 7. The summed E-state index contributed by atoms with van der Waals surface area (Å²) in [5, 5.41) is 10.2. The Labute approximate surface area is 207 Å². The lowest BCUT2D eigenvalue weighted by molar-refractivity contribution is 0.245. The standard InChI is InChI=1S/C23H35N5OS.HI/c1-23(2,3)21-27-18(16-30-21)14-25-22(24-4)26-15-20(28-12-6-7-13-28)17-8-10-19(29-5)11-9-17;/h8-11,16,20H,6-7,12-15H2,1-5H3,(H2,24,25,26);1H. The number of hydrogen-bond donors (Lipinski definition) is 2. The molecule has 1 fully saturated rings. The van der Waals surface area contributed by atoms with Crippen LogP contribution in [0, 0.1) is 0 Å². The summed E-state index contributed by atoms with van der Waals surface area (Å²) in [6, 6.07) is 8.73. The third-order valence-corrected chi connectivity index (χ3v) is 6.72. The van der Waals surface area contributed by atoms with Gasteiger partial charge in [0.05, 0.1) is 30.4 Å². The van der Waals surface area contributed by atoms with E-state index in [4.69, 9.17) is 9.72 Å². The summed E-state index contributed by atoms with van der Waals surface area (Å²) in [5.74, 6) is 1.69. The molecule has 6 nitrogen and oxygen atoms in total. The number of thiazole rings is 1. The molecule has 1 atom stereocenters. The second-order valence-electron chi connectivity index (χ2n) is 8.73. The van der Waals surface area contributed by atoms with Crippen LogP contribution in [0.15, 0.2) is 34.6 Å². The van der Waals surface area contributed by atoms with E-state index < -0.39 is 0 Å². The minimum Gasteiger partial charge on any atom is -0.497 e. The van der Waals surface area contributed by atoms with E-state index in [0.29, 0.717) is 12.6 Å². The molecule has 1 aliphatic heterocycles. The van der Waals surface area contributed by atoms with Crippen molar-refractivity contribution in [3.8, 4) is 5.75 Å². The molecular formula is C23H36IN5OS. The van der Waals surface area contributed by atoms with Gasteiger partial charge in [-0.1, -0.05) is 32.9 Å². The van der Waals surface area contributed by atoms with E-state index in [1.54, 1.807) is 18.4 Å². The zero-order valence-electron chi connectivity index (χ0n) is 19.3. The van der Waals surface area contributed by atoms with E-state index in [2.05, 4.69) is 58.8 Å². The van der Waals surface area contributed by atoms with Crippen LogP contribution in [0.5, 0.6) is 5.75 Å². The van der Waals surface area contributed by atoms with Gasteiger partial charge in [-0.25, -0.2) is 4.98 Å². The van der Waals surface area contributed by atoms with Gasteiger partial charge < -0.3 is 15.4 Å². The molecule has 0 spiro atoms.